The lowest BCUT2D eigenvalue weighted by Crippen LogP contribution is -2.46. The third-order valence-electron chi connectivity index (χ3n) is 3.31. The highest BCUT2D eigenvalue weighted by Gasteiger charge is 2.31. The van der Waals surface area contributed by atoms with Crippen molar-refractivity contribution in [1.29, 1.82) is 0 Å². The standard InChI is InChI=1S/C14H18N2O4S/c17-12(18)11-3-1-10(2-4-11)7-15-13(19)16-8-14(20)5-6-21-9-14/h1-4,20H,5-9H2,(H,17,18)(H2,15,16,19). The normalized spacial score (nSPS) is 21.0. The molecule has 0 radical (unpaired) electrons. The second-order valence-electron chi connectivity index (χ2n) is 5.07. The van der Waals surface area contributed by atoms with E-state index in [9.17, 15) is 14.7 Å². The second kappa shape index (κ2) is 6.82. The van der Waals surface area contributed by atoms with Gasteiger partial charge in [-0.1, -0.05) is 12.1 Å². The highest BCUT2D eigenvalue weighted by molar-refractivity contribution is 7.99. The Bertz CT molecular complexity index is 512. The molecule has 4 N–H and O–H groups in total. The van der Waals surface area contributed by atoms with Gasteiger partial charge >= 0.3 is 12.0 Å². The van der Waals surface area contributed by atoms with Crippen molar-refractivity contribution >= 4 is 23.8 Å². The molecule has 1 aromatic carbocycles. The van der Waals surface area contributed by atoms with Gasteiger partial charge in [0.05, 0.1) is 11.2 Å². The molecule has 1 fully saturated rings. The summed E-state index contributed by atoms with van der Waals surface area (Å²) >= 11 is 1.68. The van der Waals surface area contributed by atoms with E-state index in [4.69, 9.17) is 5.11 Å². The highest BCUT2D eigenvalue weighted by Crippen LogP contribution is 2.26. The van der Waals surface area contributed by atoms with Crippen LogP contribution in [0.2, 0.25) is 0 Å². The second-order valence-corrected chi connectivity index (χ2v) is 6.17. The Morgan fingerprint density at radius 2 is 1.95 bits per heavy atom. The van der Waals surface area contributed by atoms with E-state index in [-0.39, 0.29) is 18.1 Å². The topological polar surface area (TPSA) is 98.7 Å². The summed E-state index contributed by atoms with van der Waals surface area (Å²) in [5.41, 5.74) is 0.222. The van der Waals surface area contributed by atoms with Crippen LogP contribution >= 0.6 is 11.8 Å². The molecule has 2 amide bonds. The summed E-state index contributed by atoms with van der Waals surface area (Å²) in [7, 11) is 0. The number of benzene rings is 1. The SMILES string of the molecule is O=C(NCc1ccc(C(=O)O)cc1)NCC1(O)CCSC1. The van der Waals surface area contributed by atoms with Crippen molar-refractivity contribution in [2.45, 2.75) is 18.6 Å². The number of carbonyl (C=O) groups excluding carboxylic acids is 1. The quantitative estimate of drug-likeness (QED) is 0.651. The highest BCUT2D eigenvalue weighted by atomic mass is 32.2. The predicted molar refractivity (Wildman–Crippen MR) is 80.5 cm³/mol. The Kier molecular flexibility index (Phi) is 5.08. The van der Waals surface area contributed by atoms with E-state index in [1.807, 2.05) is 0 Å². The zero-order valence-corrected chi connectivity index (χ0v) is 12.3. The van der Waals surface area contributed by atoms with Crippen molar-refractivity contribution in [3.63, 3.8) is 0 Å². The molecule has 6 nitrogen and oxygen atoms in total. The fraction of sp³-hybridized carbons (Fsp3) is 0.429. The summed E-state index contributed by atoms with van der Waals surface area (Å²) in [6.45, 7) is 0.544. The first kappa shape index (κ1) is 15.7. The third-order valence-corrected chi connectivity index (χ3v) is 4.55. The Morgan fingerprint density at radius 3 is 2.52 bits per heavy atom. The lowest BCUT2D eigenvalue weighted by molar-refractivity contribution is 0.0693. The van der Waals surface area contributed by atoms with E-state index < -0.39 is 11.6 Å². The van der Waals surface area contributed by atoms with Crippen molar-refractivity contribution in [1.82, 2.24) is 10.6 Å². The molecule has 0 saturated carbocycles. The van der Waals surface area contributed by atoms with Gasteiger partial charge in [0.15, 0.2) is 0 Å². The summed E-state index contributed by atoms with van der Waals surface area (Å²) < 4.78 is 0. The number of hydrogen-bond donors (Lipinski definition) is 4. The fourth-order valence-corrected chi connectivity index (χ4v) is 3.29. The Hall–Kier alpha value is -1.73. The fourth-order valence-electron chi connectivity index (χ4n) is 1.99. The molecule has 0 aromatic heterocycles. The van der Waals surface area contributed by atoms with E-state index >= 15 is 0 Å². The van der Waals surface area contributed by atoms with Gasteiger partial charge in [-0.25, -0.2) is 9.59 Å². The van der Waals surface area contributed by atoms with Gasteiger partial charge in [-0.3, -0.25) is 0 Å². The van der Waals surface area contributed by atoms with Crippen molar-refractivity contribution in [3.05, 3.63) is 35.4 Å². The average Bonchev–Trinajstić information content (AvgIpc) is 2.91. The number of nitrogens with one attached hydrogen (secondary N) is 2. The van der Waals surface area contributed by atoms with Crippen LogP contribution in [-0.4, -0.2) is 45.9 Å². The molecule has 0 spiro atoms. The molecule has 1 unspecified atom stereocenters. The van der Waals surface area contributed by atoms with Crippen LogP contribution in [0, 0.1) is 0 Å². The van der Waals surface area contributed by atoms with E-state index in [1.54, 1.807) is 23.9 Å². The maximum atomic E-state index is 11.7. The van der Waals surface area contributed by atoms with Gasteiger partial charge in [-0.15, -0.1) is 0 Å². The minimum atomic E-state index is -0.977. The number of thioether (sulfide) groups is 1. The lowest BCUT2D eigenvalue weighted by Gasteiger charge is -2.21. The molecule has 0 aliphatic carbocycles. The van der Waals surface area contributed by atoms with Crippen LogP contribution in [0.3, 0.4) is 0 Å². The van der Waals surface area contributed by atoms with E-state index in [2.05, 4.69) is 10.6 Å². The number of rotatable bonds is 5. The van der Waals surface area contributed by atoms with Crippen LogP contribution in [0.4, 0.5) is 4.79 Å². The maximum Gasteiger partial charge on any atom is 0.335 e. The smallest absolute Gasteiger partial charge is 0.335 e. The van der Waals surface area contributed by atoms with Crippen LogP contribution in [-0.2, 0) is 6.54 Å². The largest absolute Gasteiger partial charge is 0.478 e. The number of carbonyl (C=O) groups is 2. The third kappa shape index (κ3) is 4.64. The number of carboxylic acids is 1. The zero-order valence-electron chi connectivity index (χ0n) is 11.5. The first-order valence-corrected chi connectivity index (χ1v) is 7.78. The van der Waals surface area contributed by atoms with E-state index in [0.717, 1.165) is 11.3 Å². The molecular formula is C14H18N2O4S. The van der Waals surface area contributed by atoms with Gasteiger partial charge in [0.1, 0.15) is 0 Å². The number of aliphatic hydroxyl groups is 1. The molecule has 7 heteroatoms. The minimum absolute atomic E-state index is 0.212. The Morgan fingerprint density at radius 1 is 1.24 bits per heavy atom. The number of aromatic carboxylic acids is 1. The van der Waals surface area contributed by atoms with E-state index in [1.165, 1.54) is 12.1 Å². The summed E-state index contributed by atoms with van der Waals surface area (Å²) in [4.78, 5) is 22.4. The summed E-state index contributed by atoms with van der Waals surface area (Å²) in [5, 5.41) is 24.2. The van der Waals surface area contributed by atoms with Gasteiger partial charge in [0.25, 0.3) is 0 Å². The van der Waals surface area contributed by atoms with Gasteiger partial charge in [0.2, 0.25) is 0 Å². The molecular weight excluding hydrogens is 292 g/mol. The molecule has 114 valence electrons. The van der Waals surface area contributed by atoms with Crippen molar-refractivity contribution in [2.75, 3.05) is 18.1 Å². The zero-order chi connectivity index (χ0) is 15.3. The van der Waals surface area contributed by atoms with Crippen molar-refractivity contribution in [2.24, 2.45) is 0 Å². The molecule has 1 aliphatic heterocycles. The molecule has 1 aromatic rings. The van der Waals surface area contributed by atoms with Crippen LogP contribution < -0.4 is 10.6 Å². The monoisotopic (exact) mass is 310 g/mol. The summed E-state index contributed by atoms with van der Waals surface area (Å²) in [6.07, 6.45) is 0.689. The van der Waals surface area contributed by atoms with Gasteiger partial charge < -0.3 is 20.8 Å². The van der Waals surface area contributed by atoms with Crippen LogP contribution in [0.15, 0.2) is 24.3 Å². The molecule has 2 rings (SSSR count). The lowest BCUT2D eigenvalue weighted by atomic mass is 10.0. The molecule has 1 heterocycles. The van der Waals surface area contributed by atoms with Gasteiger partial charge in [0, 0.05) is 18.8 Å². The van der Waals surface area contributed by atoms with E-state index in [0.29, 0.717) is 18.7 Å². The number of hydrogen-bond acceptors (Lipinski definition) is 4. The first-order chi connectivity index (χ1) is 9.98. The van der Waals surface area contributed by atoms with Crippen molar-refractivity contribution < 1.29 is 19.8 Å². The molecule has 0 bridgehead atoms. The van der Waals surface area contributed by atoms with Crippen LogP contribution in [0.25, 0.3) is 0 Å². The van der Waals surface area contributed by atoms with Gasteiger partial charge in [-0.05, 0) is 29.9 Å². The number of urea groups is 1. The predicted octanol–water partition coefficient (Wildman–Crippen LogP) is 1.05. The molecule has 1 aliphatic rings. The van der Waals surface area contributed by atoms with Crippen LogP contribution in [0.1, 0.15) is 22.3 Å². The Balaban J connectivity index is 1.74. The Labute approximate surface area is 126 Å². The molecule has 1 atom stereocenters. The summed E-state index contributed by atoms with van der Waals surface area (Å²) in [5.74, 6) is 0.578. The van der Waals surface area contributed by atoms with Crippen LogP contribution in [0.5, 0.6) is 0 Å². The first-order valence-electron chi connectivity index (χ1n) is 6.63. The van der Waals surface area contributed by atoms with Gasteiger partial charge in [-0.2, -0.15) is 11.8 Å². The summed E-state index contributed by atoms with van der Waals surface area (Å²) in [6, 6.07) is 5.96. The van der Waals surface area contributed by atoms with Crippen molar-refractivity contribution in [3.8, 4) is 0 Å². The molecule has 1 saturated heterocycles. The minimum Gasteiger partial charge on any atom is -0.478 e. The molecule has 21 heavy (non-hydrogen) atoms. The average molecular weight is 310 g/mol. The maximum absolute atomic E-state index is 11.7. The number of carboxylic acid groups (broad SMARTS) is 1. The number of amides is 2.